The van der Waals surface area contributed by atoms with Gasteiger partial charge in [-0.3, -0.25) is 9.59 Å². The van der Waals surface area contributed by atoms with E-state index in [9.17, 15) is 9.59 Å². The highest BCUT2D eigenvalue weighted by atomic mass is 35.5. The van der Waals surface area contributed by atoms with Crippen molar-refractivity contribution >= 4 is 23.4 Å². The molecule has 0 bridgehead atoms. The van der Waals surface area contributed by atoms with Gasteiger partial charge in [0.25, 0.3) is 5.91 Å². The maximum absolute atomic E-state index is 13.0. The zero-order chi connectivity index (χ0) is 20.8. The van der Waals surface area contributed by atoms with Crippen LogP contribution in [0.4, 0.5) is 0 Å². The molecule has 1 aromatic heterocycles. The van der Waals surface area contributed by atoms with Gasteiger partial charge in [-0.2, -0.15) is 0 Å². The molecule has 6 heteroatoms. The van der Waals surface area contributed by atoms with Crippen LogP contribution in [-0.2, 0) is 11.3 Å². The highest BCUT2D eigenvalue weighted by Gasteiger charge is 2.18. The molecule has 0 unspecified atom stereocenters. The van der Waals surface area contributed by atoms with Gasteiger partial charge in [0.15, 0.2) is 0 Å². The zero-order valence-corrected chi connectivity index (χ0v) is 17.3. The summed E-state index contributed by atoms with van der Waals surface area (Å²) in [6.45, 7) is 4.72. The number of halogens is 1. The number of rotatable bonds is 7. The number of likely N-dealkylation sites (N-methyl/N-ethyl adjacent to an activating group) is 1. The third-order valence-electron chi connectivity index (χ3n) is 4.75. The average molecular weight is 410 g/mol. The highest BCUT2D eigenvalue weighted by Crippen LogP contribution is 2.18. The first-order valence-electron chi connectivity index (χ1n) is 9.52. The fourth-order valence-electron chi connectivity index (χ4n) is 3.06. The van der Waals surface area contributed by atoms with E-state index in [1.807, 2.05) is 67.2 Å². The molecule has 29 heavy (non-hydrogen) atoms. The summed E-state index contributed by atoms with van der Waals surface area (Å²) in [4.78, 5) is 26.9. The van der Waals surface area contributed by atoms with Crippen LogP contribution in [-0.4, -0.2) is 34.4 Å². The summed E-state index contributed by atoms with van der Waals surface area (Å²) in [7, 11) is 0. The maximum Gasteiger partial charge on any atom is 0.254 e. The number of carbonyl (C=O) groups excluding carboxylic acids is 2. The van der Waals surface area contributed by atoms with Crippen LogP contribution in [0.2, 0.25) is 5.02 Å². The minimum atomic E-state index is -0.201. The highest BCUT2D eigenvalue weighted by molar-refractivity contribution is 6.30. The zero-order valence-electron chi connectivity index (χ0n) is 16.6. The minimum absolute atomic E-state index is 0.00958. The topological polar surface area (TPSA) is 54.3 Å². The van der Waals surface area contributed by atoms with Crippen molar-refractivity contribution in [1.29, 1.82) is 0 Å². The van der Waals surface area contributed by atoms with Crippen molar-refractivity contribution in [3.63, 3.8) is 0 Å². The van der Waals surface area contributed by atoms with Gasteiger partial charge < -0.3 is 14.8 Å². The molecule has 0 saturated heterocycles. The van der Waals surface area contributed by atoms with Crippen molar-refractivity contribution in [3.05, 3.63) is 88.7 Å². The molecule has 0 radical (unpaired) electrons. The van der Waals surface area contributed by atoms with Gasteiger partial charge in [0.2, 0.25) is 5.91 Å². The van der Waals surface area contributed by atoms with Gasteiger partial charge in [-0.1, -0.05) is 29.8 Å². The van der Waals surface area contributed by atoms with Gasteiger partial charge >= 0.3 is 0 Å². The summed E-state index contributed by atoms with van der Waals surface area (Å²) in [5, 5.41) is 3.51. The Morgan fingerprint density at radius 2 is 1.76 bits per heavy atom. The molecule has 0 saturated carbocycles. The molecule has 3 aromatic rings. The second-order valence-electron chi connectivity index (χ2n) is 6.81. The van der Waals surface area contributed by atoms with Gasteiger partial charge in [0.05, 0.1) is 6.54 Å². The first kappa shape index (κ1) is 20.7. The second kappa shape index (κ2) is 9.43. The van der Waals surface area contributed by atoms with E-state index >= 15 is 0 Å². The van der Waals surface area contributed by atoms with E-state index in [2.05, 4.69) is 5.32 Å². The van der Waals surface area contributed by atoms with Crippen LogP contribution in [0, 0.1) is 6.92 Å². The number of nitrogens with one attached hydrogen (secondary N) is 1. The lowest BCUT2D eigenvalue weighted by atomic mass is 10.1. The lowest BCUT2D eigenvalue weighted by Crippen LogP contribution is -2.40. The number of benzene rings is 2. The molecular formula is C23H24ClN3O2. The van der Waals surface area contributed by atoms with E-state index in [0.29, 0.717) is 23.7 Å². The summed E-state index contributed by atoms with van der Waals surface area (Å²) in [6.07, 6.45) is 3.89. The predicted octanol–water partition coefficient (Wildman–Crippen LogP) is 4.22. The monoisotopic (exact) mass is 409 g/mol. The third kappa shape index (κ3) is 5.27. The maximum atomic E-state index is 13.0. The minimum Gasteiger partial charge on any atom is -0.350 e. The van der Waals surface area contributed by atoms with Crippen LogP contribution in [0.1, 0.15) is 28.4 Å². The number of nitrogens with zero attached hydrogens (tertiary/aromatic N) is 2. The van der Waals surface area contributed by atoms with Crippen molar-refractivity contribution < 1.29 is 9.59 Å². The fourth-order valence-corrected chi connectivity index (χ4v) is 3.18. The van der Waals surface area contributed by atoms with E-state index in [0.717, 1.165) is 16.8 Å². The normalized spacial score (nSPS) is 10.6. The number of hydrogen-bond acceptors (Lipinski definition) is 2. The van der Waals surface area contributed by atoms with Gasteiger partial charge in [-0.05, 0) is 61.4 Å². The number of aromatic nitrogens is 1. The summed E-state index contributed by atoms with van der Waals surface area (Å²) in [6, 6.07) is 16.8. The average Bonchev–Trinajstić information content (AvgIpc) is 3.26. The molecule has 0 aliphatic carbocycles. The third-order valence-corrected chi connectivity index (χ3v) is 5.00. The van der Waals surface area contributed by atoms with Gasteiger partial charge in [0.1, 0.15) is 0 Å². The molecule has 0 spiro atoms. The lowest BCUT2D eigenvalue weighted by molar-refractivity contribution is -0.121. The lowest BCUT2D eigenvalue weighted by Gasteiger charge is -2.21. The number of hydrogen-bond donors (Lipinski definition) is 1. The van der Waals surface area contributed by atoms with Crippen molar-refractivity contribution in [2.24, 2.45) is 0 Å². The summed E-state index contributed by atoms with van der Waals surface area (Å²) >= 11 is 5.88. The van der Waals surface area contributed by atoms with Gasteiger partial charge in [-0.15, -0.1) is 0 Å². The van der Waals surface area contributed by atoms with E-state index in [1.54, 1.807) is 23.1 Å². The molecule has 2 aromatic carbocycles. The van der Waals surface area contributed by atoms with E-state index in [1.165, 1.54) is 0 Å². The molecule has 0 atom stereocenters. The Bertz CT molecular complexity index is 982. The van der Waals surface area contributed by atoms with Crippen molar-refractivity contribution in [2.45, 2.75) is 20.4 Å². The van der Waals surface area contributed by atoms with E-state index < -0.39 is 0 Å². The fraction of sp³-hybridized carbons (Fsp3) is 0.217. The van der Waals surface area contributed by atoms with Crippen LogP contribution in [0.3, 0.4) is 0 Å². The van der Waals surface area contributed by atoms with Crippen molar-refractivity contribution in [1.82, 2.24) is 14.8 Å². The molecule has 1 N–H and O–H groups in total. The molecular weight excluding hydrogens is 386 g/mol. The number of aryl methyl sites for hydroxylation is 1. The van der Waals surface area contributed by atoms with Crippen LogP contribution in [0.5, 0.6) is 0 Å². The Labute approximate surface area is 175 Å². The molecule has 150 valence electrons. The van der Waals surface area contributed by atoms with Crippen molar-refractivity contribution in [3.8, 4) is 5.69 Å². The number of carbonyl (C=O) groups is 2. The molecule has 0 aliphatic heterocycles. The number of amides is 2. The summed E-state index contributed by atoms with van der Waals surface area (Å²) < 4.78 is 1.97. The molecule has 0 aliphatic rings. The Morgan fingerprint density at radius 3 is 2.41 bits per heavy atom. The molecule has 0 fully saturated rings. The summed E-state index contributed by atoms with van der Waals surface area (Å²) in [5.41, 5.74) is 3.53. The smallest absolute Gasteiger partial charge is 0.254 e. The predicted molar refractivity (Wildman–Crippen MR) is 115 cm³/mol. The Balaban J connectivity index is 1.66. The van der Waals surface area contributed by atoms with Crippen LogP contribution in [0.15, 0.2) is 67.0 Å². The van der Waals surface area contributed by atoms with Gasteiger partial charge in [0, 0.05) is 41.8 Å². The standard InChI is InChI=1S/C23H24ClN3O2/c1-3-26(16-22(28)25-15-18-7-10-20(24)11-8-18)23(29)19-9-6-17(2)21(14-19)27-12-4-5-13-27/h4-14H,3,15-16H2,1-2H3,(H,25,28). The largest absolute Gasteiger partial charge is 0.350 e. The molecule has 2 amide bonds. The van der Waals surface area contributed by atoms with Crippen LogP contribution in [0.25, 0.3) is 5.69 Å². The van der Waals surface area contributed by atoms with Crippen LogP contribution < -0.4 is 5.32 Å². The second-order valence-corrected chi connectivity index (χ2v) is 7.25. The SMILES string of the molecule is CCN(CC(=O)NCc1ccc(Cl)cc1)C(=O)c1ccc(C)c(-n2cccc2)c1. The first-order chi connectivity index (χ1) is 14.0. The molecule has 1 heterocycles. The molecule has 3 rings (SSSR count). The summed E-state index contributed by atoms with van der Waals surface area (Å²) in [5.74, 6) is -0.365. The Hall–Kier alpha value is -3.05. The van der Waals surface area contributed by atoms with Crippen LogP contribution >= 0.6 is 11.6 Å². The van der Waals surface area contributed by atoms with E-state index in [4.69, 9.17) is 11.6 Å². The Kier molecular flexibility index (Phi) is 6.73. The first-order valence-corrected chi connectivity index (χ1v) is 9.90. The molecule has 5 nitrogen and oxygen atoms in total. The quantitative estimate of drug-likeness (QED) is 0.635. The van der Waals surface area contributed by atoms with Crippen molar-refractivity contribution in [2.75, 3.05) is 13.1 Å². The Morgan fingerprint density at radius 1 is 1.07 bits per heavy atom. The van der Waals surface area contributed by atoms with Gasteiger partial charge in [-0.25, -0.2) is 0 Å². The van der Waals surface area contributed by atoms with E-state index in [-0.39, 0.29) is 18.4 Å².